The summed E-state index contributed by atoms with van der Waals surface area (Å²) in [6.07, 6.45) is 2.29. The van der Waals surface area contributed by atoms with Gasteiger partial charge in [-0.05, 0) is 42.5 Å². The molecule has 1 aliphatic rings. The molecule has 1 N–H and O–H groups in total. The van der Waals surface area contributed by atoms with Crippen molar-refractivity contribution in [2.45, 2.75) is 32.2 Å². The first-order valence-electron chi connectivity index (χ1n) is 7.31. The summed E-state index contributed by atoms with van der Waals surface area (Å²) < 4.78 is 10.7. The zero-order valence-electron chi connectivity index (χ0n) is 12.9. The Balaban J connectivity index is 2.22. The summed E-state index contributed by atoms with van der Waals surface area (Å²) in [7, 11) is 3.26. The fraction of sp³-hybridized carbons (Fsp3) is 0.562. The van der Waals surface area contributed by atoms with Crippen molar-refractivity contribution in [3.8, 4) is 11.5 Å². The van der Waals surface area contributed by atoms with Crippen LogP contribution in [-0.4, -0.2) is 49.3 Å². The molecule has 1 aromatic rings. The van der Waals surface area contributed by atoms with E-state index >= 15 is 0 Å². The molecular weight excluding hydrogens is 270 g/mol. The summed E-state index contributed by atoms with van der Waals surface area (Å²) in [6.45, 7) is 3.43. The van der Waals surface area contributed by atoms with Gasteiger partial charge in [0.05, 0.1) is 14.2 Å². The molecular formula is C16H23NO4. The Kier molecular flexibility index (Phi) is 5.07. The van der Waals surface area contributed by atoms with Gasteiger partial charge in [0.15, 0.2) is 11.5 Å². The van der Waals surface area contributed by atoms with Crippen LogP contribution in [0.15, 0.2) is 12.1 Å². The van der Waals surface area contributed by atoms with E-state index in [4.69, 9.17) is 9.47 Å². The Labute approximate surface area is 125 Å². The number of benzene rings is 1. The second-order valence-corrected chi connectivity index (χ2v) is 5.27. The minimum atomic E-state index is -0.737. The molecule has 1 aromatic carbocycles. The van der Waals surface area contributed by atoms with Crippen molar-refractivity contribution in [1.82, 2.24) is 4.90 Å². The largest absolute Gasteiger partial charge is 0.493 e. The molecule has 1 heterocycles. The highest BCUT2D eigenvalue weighted by atomic mass is 16.5. The molecule has 116 valence electrons. The standard InChI is InChI=1S/C16H23NO4/c1-4-13(16(18)19)17-7-5-11-9-14(20-2)15(21-3)10-12(11)6-8-17/h9-10,13H,4-8H2,1-3H3,(H,18,19)/t13-/m1/s1. The van der Waals surface area contributed by atoms with E-state index in [9.17, 15) is 9.90 Å². The zero-order chi connectivity index (χ0) is 15.4. The van der Waals surface area contributed by atoms with Crippen LogP contribution in [0.25, 0.3) is 0 Å². The van der Waals surface area contributed by atoms with Crippen LogP contribution in [0.2, 0.25) is 0 Å². The van der Waals surface area contributed by atoms with Crippen LogP contribution >= 0.6 is 0 Å². The highest BCUT2D eigenvalue weighted by molar-refractivity contribution is 5.73. The van der Waals surface area contributed by atoms with Crippen LogP contribution < -0.4 is 9.47 Å². The molecule has 1 atom stereocenters. The Morgan fingerprint density at radius 3 is 2.00 bits per heavy atom. The van der Waals surface area contributed by atoms with Gasteiger partial charge in [-0.3, -0.25) is 9.69 Å². The molecule has 2 rings (SSSR count). The van der Waals surface area contributed by atoms with E-state index in [2.05, 4.69) is 4.90 Å². The van der Waals surface area contributed by atoms with E-state index in [-0.39, 0.29) is 0 Å². The lowest BCUT2D eigenvalue weighted by Gasteiger charge is -2.26. The molecule has 0 saturated heterocycles. The number of methoxy groups -OCH3 is 2. The van der Waals surface area contributed by atoms with Crippen molar-refractivity contribution in [1.29, 1.82) is 0 Å². The van der Waals surface area contributed by atoms with Gasteiger partial charge in [-0.15, -0.1) is 0 Å². The first kappa shape index (κ1) is 15.6. The molecule has 0 bridgehead atoms. The lowest BCUT2D eigenvalue weighted by Crippen LogP contribution is -2.42. The number of ether oxygens (including phenoxy) is 2. The fourth-order valence-electron chi connectivity index (χ4n) is 2.97. The van der Waals surface area contributed by atoms with Gasteiger partial charge >= 0.3 is 5.97 Å². The second kappa shape index (κ2) is 6.80. The van der Waals surface area contributed by atoms with Crippen LogP contribution in [0.4, 0.5) is 0 Å². The van der Waals surface area contributed by atoms with Crippen molar-refractivity contribution < 1.29 is 19.4 Å². The molecule has 5 nitrogen and oxygen atoms in total. The second-order valence-electron chi connectivity index (χ2n) is 5.27. The maximum Gasteiger partial charge on any atom is 0.320 e. The topological polar surface area (TPSA) is 59.0 Å². The molecule has 0 aliphatic carbocycles. The van der Waals surface area contributed by atoms with Crippen molar-refractivity contribution in [2.75, 3.05) is 27.3 Å². The summed E-state index contributed by atoms with van der Waals surface area (Å²) in [5.74, 6) is 0.726. The molecule has 0 aromatic heterocycles. The SMILES string of the molecule is CC[C@H](C(=O)O)N1CCc2cc(OC)c(OC)cc2CC1. The molecule has 0 saturated carbocycles. The summed E-state index contributed by atoms with van der Waals surface area (Å²) in [5, 5.41) is 9.32. The molecule has 0 fully saturated rings. The first-order chi connectivity index (χ1) is 10.1. The predicted molar refractivity (Wildman–Crippen MR) is 80.2 cm³/mol. The Morgan fingerprint density at radius 1 is 1.19 bits per heavy atom. The number of carboxylic acids is 1. The minimum Gasteiger partial charge on any atom is -0.493 e. The number of carboxylic acid groups (broad SMARTS) is 1. The molecule has 0 radical (unpaired) electrons. The van der Waals surface area contributed by atoms with E-state index in [0.29, 0.717) is 6.42 Å². The Bertz CT molecular complexity index is 480. The number of rotatable bonds is 5. The molecule has 0 amide bonds. The molecule has 0 spiro atoms. The van der Waals surface area contributed by atoms with Gasteiger partial charge in [-0.2, -0.15) is 0 Å². The fourth-order valence-corrected chi connectivity index (χ4v) is 2.97. The van der Waals surface area contributed by atoms with Crippen LogP contribution in [0.5, 0.6) is 11.5 Å². The number of carbonyl (C=O) groups is 1. The lowest BCUT2D eigenvalue weighted by atomic mass is 10.0. The highest BCUT2D eigenvalue weighted by Gasteiger charge is 2.26. The van der Waals surface area contributed by atoms with E-state index in [1.54, 1.807) is 14.2 Å². The lowest BCUT2D eigenvalue weighted by molar-refractivity contribution is -0.143. The number of aliphatic carboxylic acids is 1. The monoisotopic (exact) mass is 293 g/mol. The molecule has 0 unspecified atom stereocenters. The van der Waals surface area contributed by atoms with Gasteiger partial charge in [0, 0.05) is 13.1 Å². The van der Waals surface area contributed by atoms with Crippen LogP contribution in [0, 0.1) is 0 Å². The van der Waals surface area contributed by atoms with Crippen molar-refractivity contribution in [3.05, 3.63) is 23.3 Å². The maximum absolute atomic E-state index is 11.3. The van der Waals surface area contributed by atoms with Crippen molar-refractivity contribution in [2.24, 2.45) is 0 Å². The first-order valence-corrected chi connectivity index (χ1v) is 7.31. The summed E-state index contributed by atoms with van der Waals surface area (Å²) >= 11 is 0. The minimum absolute atomic E-state index is 0.400. The predicted octanol–water partition coefficient (Wildman–Crippen LogP) is 1.97. The smallest absolute Gasteiger partial charge is 0.320 e. The number of hydrogen-bond acceptors (Lipinski definition) is 4. The summed E-state index contributed by atoms with van der Waals surface area (Å²) in [4.78, 5) is 13.4. The average Bonchev–Trinajstić information content (AvgIpc) is 2.68. The quantitative estimate of drug-likeness (QED) is 0.899. The van der Waals surface area contributed by atoms with Gasteiger partial charge in [0.2, 0.25) is 0 Å². The highest BCUT2D eigenvalue weighted by Crippen LogP contribution is 2.32. The normalized spacial score (nSPS) is 16.7. The van der Waals surface area contributed by atoms with E-state index < -0.39 is 12.0 Å². The third-order valence-electron chi connectivity index (χ3n) is 4.16. The van der Waals surface area contributed by atoms with Crippen LogP contribution in [0.3, 0.4) is 0 Å². The molecule has 1 aliphatic heterocycles. The summed E-state index contributed by atoms with van der Waals surface area (Å²) in [6, 6.07) is 3.63. The maximum atomic E-state index is 11.3. The van der Waals surface area contributed by atoms with Crippen LogP contribution in [-0.2, 0) is 17.6 Å². The zero-order valence-corrected chi connectivity index (χ0v) is 12.9. The van der Waals surface area contributed by atoms with Gasteiger partial charge in [-0.1, -0.05) is 6.92 Å². The third kappa shape index (κ3) is 3.29. The van der Waals surface area contributed by atoms with Crippen molar-refractivity contribution in [3.63, 3.8) is 0 Å². The molecule has 21 heavy (non-hydrogen) atoms. The van der Waals surface area contributed by atoms with Gasteiger partial charge in [0.1, 0.15) is 6.04 Å². The van der Waals surface area contributed by atoms with Crippen molar-refractivity contribution >= 4 is 5.97 Å². The molecule has 5 heteroatoms. The van der Waals surface area contributed by atoms with Gasteiger partial charge in [0.25, 0.3) is 0 Å². The van der Waals surface area contributed by atoms with Crippen LogP contribution in [0.1, 0.15) is 24.5 Å². The number of hydrogen-bond donors (Lipinski definition) is 1. The Hall–Kier alpha value is -1.75. The van der Waals surface area contributed by atoms with E-state index in [1.165, 1.54) is 11.1 Å². The number of nitrogens with zero attached hydrogens (tertiary/aromatic N) is 1. The third-order valence-corrected chi connectivity index (χ3v) is 4.16. The van der Waals surface area contributed by atoms with E-state index in [0.717, 1.165) is 37.4 Å². The van der Waals surface area contributed by atoms with Gasteiger partial charge < -0.3 is 14.6 Å². The van der Waals surface area contributed by atoms with E-state index in [1.807, 2.05) is 19.1 Å². The Morgan fingerprint density at radius 2 is 1.67 bits per heavy atom. The average molecular weight is 293 g/mol. The summed E-state index contributed by atoms with van der Waals surface area (Å²) in [5.41, 5.74) is 2.44. The number of fused-ring (bicyclic) bond motifs is 1. The van der Waals surface area contributed by atoms with Gasteiger partial charge in [-0.25, -0.2) is 0 Å².